The van der Waals surface area contributed by atoms with Crippen LogP contribution in [0.25, 0.3) is 16.7 Å². The van der Waals surface area contributed by atoms with Gasteiger partial charge in [0, 0.05) is 25.4 Å². The largest absolute Gasteiger partial charge is 0.473 e. The first-order valence-corrected chi connectivity index (χ1v) is 11.2. The highest BCUT2D eigenvalue weighted by Crippen LogP contribution is 2.35. The summed E-state index contributed by atoms with van der Waals surface area (Å²) in [5, 5.41) is 21.3. The molecule has 12 nitrogen and oxygen atoms in total. The van der Waals surface area contributed by atoms with Crippen molar-refractivity contribution in [3.8, 4) is 17.4 Å². The number of nitro groups is 1. The molecule has 4 aromatic rings. The van der Waals surface area contributed by atoms with E-state index in [1.807, 2.05) is 0 Å². The van der Waals surface area contributed by atoms with E-state index >= 15 is 0 Å². The van der Waals surface area contributed by atoms with Crippen LogP contribution in [0.5, 0.6) is 11.8 Å². The topological polar surface area (TPSA) is 136 Å². The van der Waals surface area contributed by atoms with E-state index in [9.17, 15) is 10.1 Å². The molecule has 14 heteroatoms. The number of aromatic nitrogens is 7. The predicted octanol–water partition coefficient (Wildman–Crippen LogP) is 3.94. The first-order chi connectivity index (χ1) is 16.4. The van der Waals surface area contributed by atoms with Gasteiger partial charge in [-0.25, -0.2) is 19.3 Å². The summed E-state index contributed by atoms with van der Waals surface area (Å²) in [7, 11) is 0. The molecular formula is C20H18Cl2N8O4. The highest BCUT2D eigenvalue weighted by atomic mass is 35.5. The van der Waals surface area contributed by atoms with Crippen LogP contribution in [0.3, 0.4) is 0 Å². The number of hydrogen-bond donors (Lipinski definition) is 0. The van der Waals surface area contributed by atoms with Crippen molar-refractivity contribution in [2.24, 2.45) is 0 Å². The zero-order valence-corrected chi connectivity index (χ0v) is 19.4. The zero-order valence-electron chi connectivity index (χ0n) is 17.9. The zero-order chi connectivity index (χ0) is 23.8. The monoisotopic (exact) mass is 504 g/mol. The van der Waals surface area contributed by atoms with E-state index < -0.39 is 4.92 Å². The molecule has 0 N–H and O–H groups in total. The molecule has 1 aliphatic carbocycles. The van der Waals surface area contributed by atoms with E-state index in [1.165, 1.54) is 10.9 Å². The normalized spacial score (nSPS) is 13.4. The molecular weight excluding hydrogens is 487 g/mol. The van der Waals surface area contributed by atoms with Crippen molar-refractivity contribution in [2.45, 2.75) is 38.8 Å². The minimum Gasteiger partial charge on any atom is -0.473 e. The van der Waals surface area contributed by atoms with Gasteiger partial charge in [0.25, 0.3) is 0 Å². The molecule has 0 atom stereocenters. The molecule has 1 aliphatic rings. The fourth-order valence-electron chi connectivity index (χ4n) is 3.43. The lowest BCUT2D eigenvalue weighted by Gasteiger charge is -2.10. The highest BCUT2D eigenvalue weighted by molar-refractivity contribution is 6.34. The lowest BCUT2D eigenvalue weighted by molar-refractivity contribution is -0.386. The number of aryl methyl sites for hydroxylation is 1. The van der Waals surface area contributed by atoms with Crippen LogP contribution in [0.15, 0.2) is 24.5 Å². The molecule has 34 heavy (non-hydrogen) atoms. The van der Waals surface area contributed by atoms with E-state index in [4.69, 9.17) is 32.7 Å². The van der Waals surface area contributed by atoms with Crippen molar-refractivity contribution in [1.82, 2.24) is 34.5 Å². The Kier molecular flexibility index (Phi) is 5.92. The van der Waals surface area contributed by atoms with Crippen molar-refractivity contribution in [2.75, 3.05) is 6.61 Å². The van der Waals surface area contributed by atoms with Crippen LogP contribution in [-0.4, -0.2) is 52.1 Å². The summed E-state index contributed by atoms with van der Waals surface area (Å²) < 4.78 is 14.6. The van der Waals surface area contributed by atoms with Gasteiger partial charge in [0.15, 0.2) is 10.8 Å². The molecule has 176 valence electrons. The predicted molar refractivity (Wildman–Crippen MR) is 122 cm³/mol. The van der Waals surface area contributed by atoms with Crippen molar-refractivity contribution in [1.29, 1.82) is 0 Å². The number of fused-ring (bicyclic) bond motifs is 1. The van der Waals surface area contributed by atoms with Gasteiger partial charge in [-0.3, -0.25) is 10.1 Å². The maximum absolute atomic E-state index is 11.8. The van der Waals surface area contributed by atoms with Gasteiger partial charge in [-0.15, -0.1) is 5.10 Å². The highest BCUT2D eigenvalue weighted by Gasteiger charge is 2.30. The van der Waals surface area contributed by atoms with Gasteiger partial charge in [0.2, 0.25) is 11.2 Å². The Morgan fingerprint density at radius 3 is 2.82 bits per heavy atom. The second-order valence-corrected chi connectivity index (χ2v) is 8.34. The molecule has 1 fully saturated rings. The SMILES string of the molecule is Cc1c([N+](=O)[O-])c(OCCCn2nc(Cl)c3cnc(Cl)nc32)nn1-c1cccnc1OC1CC1. The summed E-state index contributed by atoms with van der Waals surface area (Å²) in [5.41, 5.74) is 1.10. The van der Waals surface area contributed by atoms with Gasteiger partial charge >= 0.3 is 11.6 Å². The van der Waals surface area contributed by atoms with Crippen molar-refractivity contribution < 1.29 is 14.4 Å². The van der Waals surface area contributed by atoms with E-state index in [2.05, 4.69) is 25.1 Å². The number of rotatable bonds is 9. The smallest absolute Gasteiger partial charge is 0.353 e. The first kappa shape index (κ1) is 22.3. The number of halogens is 2. The molecule has 0 radical (unpaired) electrons. The Hall–Kier alpha value is -3.51. The molecule has 0 amide bonds. The summed E-state index contributed by atoms with van der Waals surface area (Å²) in [6.45, 7) is 2.15. The molecule has 1 saturated carbocycles. The summed E-state index contributed by atoms with van der Waals surface area (Å²) in [4.78, 5) is 23.6. The minimum atomic E-state index is -0.508. The first-order valence-electron chi connectivity index (χ1n) is 10.5. The van der Waals surface area contributed by atoms with Crippen LogP contribution in [0.4, 0.5) is 5.69 Å². The van der Waals surface area contributed by atoms with E-state index in [0.717, 1.165) is 12.8 Å². The fourth-order valence-corrected chi connectivity index (χ4v) is 3.78. The number of pyridine rings is 1. The average molecular weight is 505 g/mol. The van der Waals surface area contributed by atoms with Crippen molar-refractivity contribution in [3.63, 3.8) is 0 Å². The van der Waals surface area contributed by atoms with E-state index in [1.54, 1.807) is 29.9 Å². The van der Waals surface area contributed by atoms with Crippen molar-refractivity contribution in [3.05, 3.63) is 50.8 Å². The second-order valence-electron chi connectivity index (χ2n) is 7.65. The van der Waals surface area contributed by atoms with Crippen LogP contribution in [0.2, 0.25) is 10.4 Å². The number of nitrogens with zero attached hydrogens (tertiary/aromatic N) is 8. The maximum atomic E-state index is 11.8. The van der Waals surface area contributed by atoms with E-state index in [-0.39, 0.29) is 34.7 Å². The lowest BCUT2D eigenvalue weighted by Crippen LogP contribution is -2.08. The van der Waals surface area contributed by atoms with Crippen LogP contribution < -0.4 is 9.47 Å². The summed E-state index contributed by atoms with van der Waals surface area (Å²) in [5.74, 6) is 0.289. The summed E-state index contributed by atoms with van der Waals surface area (Å²) >= 11 is 12.0. The molecule has 4 heterocycles. The van der Waals surface area contributed by atoms with Gasteiger partial charge in [-0.05, 0) is 43.5 Å². The van der Waals surface area contributed by atoms with Crippen LogP contribution >= 0.6 is 23.2 Å². The molecule has 0 saturated heterocycles. The fraction of sp³-hybridized carbons (Fsp3) is 0.350. The molecule has 5 rings (SSSR count). The Morgan fingerprint density at radius 1 is 1.24 bits per heavy atom. The Labute approximate surface area is 202 Å². The maximum Gasteiger partial charge on any atom is 0.353 e. The second kappa shape index (κ2) is 9.03. The third-order valence-electron chi connectivity index (χ3n) is 5.19. The van der Waals surface area contributed by atoms with Crippen LogP contribution in [0.1, 0.15) is 25.0 Å². The lowest BCUT2D eigenvalue weighted by atomic mass is 10.3. The summed E-state index contributed by atoms with van der Waals surface area (Å²) in [6, 6.07) is 3.47. The quantitative estimate of drug-likeness (QED) is 0.143. The Balaban J connectivity index is 1.34. The standard InChI is InChI=1S/C20H18Cl2N8O4/c1-11-15(30(31)32)19(27-29(11)14-4-2-7-23-18(14)34-12-5-6-12)33-9-3-8-28-17-13(16(21)26-28)10-24-20(22)25-17/h2,4,7,10,12H,3,5-6,8-9H2,1H3. The molecule has 0 unspecified atom stereocenters. The molecule has 0 aliphatic heterocycles. The average Bonchev–Trinajstić information content (AvgIpc) is 3.49. The Bertz CT molecular complexity index is 1380. The third-order valence-corrected chi connectivity index (χ3v) is 5.65. The van der Waals surface area contributed by atoms with Crippen LogP contribution in [0, 0.1) is 17.0 Å². The van der Waals surface area contributed by atoms with Crippen LogP contribution in [-0.2, 0) is 6.54 Å². The van der Waals surface area contributed by atoms with Gasteiger partial charge in [0.05, 0.1) is 16.9 Å². The third kappa shape index (κ3) is 4.33. The summed E-state index contributed by atoms with van der Waals surface area (Å²) in [6.07, 6.45) is 5.60. The Morgan fingerprint density at radius 2 is 2.06 bits per heavy atom. The number of ether oxygens (including phenoxy) is 2. The minimum absolute atomic E-state index is 0.0821. The van der Waals surface area contributed by atoms with E-state index in [0.29, 0.717) is 41.3 Å². The van der Waals surface area contributed by atoms with Gasteiger partial charge in [-0.1, -0.05) is 11.6 Å². The number of hydrogen-bond acceptors (Lipinski definition) is 9. The van der Waals surface area contributed by atoms with Gasteiger partial charge in [-0.2, -0.15) is 10.1 Å². The van der Waals surface area contributed by atoms with Gasteiger partial charge in [0.1, 0.15) is 17.5 Å². The van der Waals surface area contributed by atoms with Gasteiger partial charge < -0.3 is 9.47 Å². The molecule has 0 spiro atoms. The van der Waals surface area contributed by atoms with Crippen molar-refractivity contribution >= 4 is 39.9 Å². The molecule has 4 aromatic heterocycles. The molecule has 0 bridgehead atoms. The molecule has 0 aromatic carbocycles.